The first-order valence-electron chi connectivity index (χ1n) is 9.15. The summed E-state index contributed by atoms with van der Waals surface area (Å²) in [7, 11) is 0. The SMILES string of the molecule is CC.CC.c1cnc2c(c1)CCCC2.c1cnc2c(n1)CCC2. The molecule has 0 unspecified atom stereocenters. The van der Waals surface area contributed by atoms with Crippen LogP contribution in [-0.4, -0.2) is 15.0 Å². The number of aromatic nitrogens is 3. The molecule has 0 aliphatic heterocycles. The lowest BCUT2D eigenvalue weighted by atomic mass is 9.96. The Morgan fingerprint density at radius 2 is 1.13 bits per heavy atom. The first-order chi connectivity index (χ1) is 11.4. The van der Waals surface area contributed by atoms with E-state index in [4.69, 9.17) is 0 Å². The van der Waals surface area contributed by atoms with Crippen molar-refractivity contribution in [2.24, 2.45) is 0 Å². The molecule has 0 bridgehead atoms. The molecule has 2 heterocycles. The molecular formula is C20H31N3. The Morgan fingerprint density at radius 3 is 1.74 bits per heavy atom. The van der Waals surface area contributed by atoms with Crippen LogP contribution in [0.5, 0.6) is 0 Å². The zero-order valence-corrected chi connectivity index (χ0v) is 15.2. The zero-order chi connectivity index (χ0) is 16.9. The van der Waals surface area contributed by atoms with Gasteiger partial charge >= 0.3 is 0 Å². The highest BCUT2D eigenvalue weighted by Crippen LogP contribution is 2.17. The Morgan fingerprint density at radius 1 is 0.609 bits per heavy atom. The van der Waals surface area contributed by atoms with Crippen molar-refractivity contribution in [1.29, 1.82) is 0 Å². The van der Waals surface area contributed by atoms with Gasteiger partial charge in [-0.1, -0.05) is 33.8 Å². The summed E-state index contributed by atoms with van der Waals surface area (Å²) in [5.74, 6) is 0. The number of fused-ring (bicyclic) bond motifs is 2. The summed E-state index contributed by atoms with van der Waals surface area (Å²) >= 11 is 0. The van der Waals surface area contributed by atoms with Crippen LogP contribution < -0.4 is 0 Å². The van der Waals surface area contributed by atoms with E-state index in [1.807, 2.05) is 40.0 Å². The molecule has 0 atom stereocenters. The topological polar surface area (TPSA) is 38.7 Å². The van der Waals surface area contributed by atoms with Crippen LogP contribution >= 0.6 is 0 Å². The Balaban J connectivity index is 0.000000190. The predicted octanol–water partition coefficient (Wildman–Crippen LogP) is 4.98. The summed E-state index contributed by atoms with van der Waals surface area (Å²) in [5, 5.41) is 0. The minimum atomic E-state index is 1.13. The van der Waals surface area contributed by atoms with Gasteiger partial charge in [0.2, 0.25) is 0 Å². The summed E-state index contributed by atoms with van der Waals surface area (Å²) in [6.45, 7) is 8.00. The Kier molecular flexibility index (Phi) is 9.85. The Bertz CT molecular complexity index is 504. The van der Waals surface area contributed by atoms with Crippen molar-refractivity contribution in [3.8, 4) is 0 Å². The summed E-state index contributed by atoms with van der Waals surface area (Å²) in [5.41, 5.74) is 5.21. The molecule has 0 saturated heterocycles. The number of rotatable bonds is 0. The van der Waals surface area contributed by atoms with Crippen LogP contribution in [-0.2, 0) is 25.7 Å². The molecule has 0 N–H and O–H groups in total. The third kappa shape index (κ3) is 6.09. The minimum Gasteiger partial charge on any atom is -0.261 e. The molecule has 0 aromatic carbocycles. The zero-order valence-electron chi connectivity index (χ0n) is 15.2. The van der Waals surface area contributed by atoms with Crippen LogP contribution in [0.1, 0.15) is 69.6 Å². The van der Waals surface area contributed by atoms with E-state index in [-0.39, 0.29) is 0 Å². The van der Waals surface area contributed by atoms with Gasteiger partial charge in [-0.2, -0.15) is 0 Å². The second kappa shape index (κ2) is 11.8. The van der Waals surface area contributed by atoms with E-state index in [0.717, 1.165) is 12.8 Å². The van der Waals surface area contributed by atoms with Gasteiger partial charge in [-0.15, -0.1) is 0 Å². The number of nitrogens with zero attached hydrogens (tertiary/aromatic N) is 3. The average molecular weight is 313 g/mol. The number of pyridine rings is 1. The monoisotopic (exact) mass is 313 g/mol. The van der Waals surface area contributed by atoms with E-state index in [2.05, 4.69) is 21.0 Å². The summed E-state index contributed by atoms with van der Waals surface area (Å²) in [6, 6.07) is 4.23. The lowest BCUT2D eigenvalue weighted by molar-refractivity contribution is 0.668. The van der Waals surface area contributed by atoms with Gasteiger partial charge in [0.25, 0.3) is 0 Å². The number of aryl methyl sites for hydroxylation is 4. The number of hydrogen-bond donors (Lipinski definition) is 0. The fraction of sp³-hybridized carbons (Fsp3) is 0.550. The van der Waals surface area contributed by atoms with Crippen molar-refractivity contribution < 1.29 is 0 Å². The van der Waals surface area contributed by atoms with E-state index in [1.54, 1.807) is 12.4 Å². The lowest BCUT2D eigenvalue weighted by Crippen LogP contribution is -2.03. The third-order valence-electron chi connectivity index (χ3n) is 3.78. The molecule has 0 amide bonds. The van der Waals surface area contributed by atoms with Crippen molar-refractivity contribution in [2.75, 3.05) is 0 Å². The minimum absolute atomic E-state index is 1.13. The fourth-order valence-electron chi connectivity index (χ4n) is 2.77. The maximum atomic E-state index is 4.32. The normalized spacial score (nSPS) is 13.7. The van der Waals surface area contributed by atoms with Crippen molar-refractivity contribution in [2.45, 2.75) is 72.6 Å². The molecule has 3 heteroatoms. The van der Waals surface area contributed by atoms with Crippen molar-refractivity contribution in [1.82, 2.24) is 15.0 Å². The van der Waals surface area contributed by atoms with E-state index in [1.165, 1.54) is 54.7 Å². The van der Waals surface area contributed by atoms with Gasteiger partial charge in [0.15, 0.2) is 0 Å². The van der Waals surface area contributed by atoms with Crippen molar-refractivity contribution in [3.05, 3.63) is 53.4 Å². The van der Waals surface area contributed by atoms with Crippen LogP contribution in [0.15, 0.2) is 30.7 Å². The molecule has 126 valence electrons. The highest BCUT2D eigenvalue weighted by atomic mass is 14.8. The van der Waals surface area contributed by atoms with Crippen LogP contribution in [0, 0.1) is 0 Å². The van der Waals surface area contributed by atoms with Crippen LogP contribution in [0.25, 0.3) is 0 Å². The van der Waals surface area contributed by atoms with Gasteiger partial charge in [0.05, 0.1) is 11.4 Å². The Labute approximate surface area is 141 Å². The van der Waals surface area contributed by atoms with E-state index in [0.29, 0.717) is 0 Å². The van der Waals surface area contributed by atoms with Crippen LogP contribution in [0.2, 0.25) is 0 Å². The summed E-state index contributed by atoms with van der Waals surface area (Å²) in [6.07, 6.45) is 14.0. The van der Waals surface area contributed by atoms with E-state index < -0.39 is 0 Å². The first-order valence-corrected chi connectivity index (χ1v) is 9.15. The standard InChI is InChI=1S/C9H11N.C7H8N2.2C2H6/c1-2-6-9-8(4-1)5-3-7-10-9;1-2-6-7(3-1)9-5-4-8-6;2*1-2/h3,5,7H,1-2,4,6H2;4-5H,1-3H2;2*1-2H3. The molecule has 4 rings (SSSR count). The largest absolute Gasteiger partial charge is 0.261 e. The molecule has 0 radical (unpaired) electrons. The average Bonchev–Trinajstić information content (AvgIpc) is 3.14. The van der Waals surface area contributed by atoms with Crippen molar-refractivity contribution >= 4 is 0 Å². The molecular weight excluding hydrogens is 282 g/mol. The maximum Gasteiger partial charge on any atom is 0.0618 e. The van der Waals surface area contributed by atoms with E-state index in [9.17, 15) is 0 Å². The molecule has 0 spiro atoms. The molecule has 2 aliphatic rings. The number of hydrogen-bond acceptors (Lipinski definition) is 3. The van der Waals surface area contributed by atoms with Gasteiger partial charge in [-0.05, 0) is 56.6 Å². The summed E-state index contributed by atoms with van der Waals surface area (Å²) < 4.78 is 0. The van der Waals surface area contributed by atoms with Gasteiger partial charge in [0, 0.05) is 24.3 Å². The van der Waals surface area contributed by atoms with Crippen LogP contribution in [0.4, 0.5) is 0 Å². The second-order valence-corrected chi connectivity index (χ2v) is 5.12. The van der Waals surface area contributed by atoms with Crippen LogP contribution in [0.3, 0.4) is 0 Å². The quantitative estimate of drug-likeness (QED) is 0.688. The Hall–Kier alpha value is -1.77. The maximum absolute atomic E-state index is 4.32. The molecule has 3 nitrogen and oxygen atoms in total. The molecule has 2 aromatic heterocycles. The van der Waals surface area contributed by atoms with E-state index >= 15 is 0 Å². The first kappa shape index (κ1) is 19.3. The van der Waals surface area contributed by atoms with Crippen molar-refractivity contribution in [3.63, 3.8) is 0 Å². The molecule has 2 aliphatic carbocycles. The summed E-state index contributed by atoms with van der Waals surface area (Å²) in [4.78, 5) is 12.7. The fourth-order valence-corrected chi connectivity index (χ4v) is 2.77. The van der Waals surface area contributed by atoms with Gasteiger partial charge < -0.3 is 0 Å². The van der Waals surface area contributed by atoms with Gasteiger partial charge in [0.1, 0.15) is 0 Å². The molecule has 23 heavy (non-hydrogen) atoms. The highest BCUT2D eigenvalue weighted by Gasteiger charge is 2.10. The van der Waals surface area contributed by atoms with Gasteiger partial charge in [-0.3, -0.25) is 15.0 Å². The third-order valence-corrected chi connectivity index (χ3v) is 3.78. The smallest absolute Gasteiger partial charge is 0.0618 e. The lowest BCUT2D eigenvalue weighted by Gasteiger charge is -2.12. The predicted molar refractivity (Wildman–Crippen MR) is 97.6 cm³/mol. The molecule has 0 fully saturated rings. The molecule has 0 saturated carbocycles. The molecule has 2 aromatic rings. The highest BCUT2D eigenvalue weighted by molar-refractivity contribution is 5.21. The van der Waals surface area contributed by atoms with Gasteiger partial charge in [-0.25, -0.2) is 0 Å². The second-order valence-electron chi connectivity index (χ2n) is 5.12.